The van der Waals surface area contributed by atoms with Crippen LogP contribution in [0.2, 0.25) is 0 Å². The number of alkyl halides is 1. The second-order valence-corrected chi connectivity index (χ2v) is 2.93. The summed E-state index contributed by atoms with van der Waals surface area (Å²) >= 11 is 5.71. The number of nitrogens with zero attached hydrogens (tertiary/aromatic N) is 1. The van der Waals surface area contributed by atoms with Crippen LogP contribution in [0.25, 0.3) is 10.9 Å². The van der Waals surface area contributed by atoms with Gasteiger partial charge < -0.3 is 0 Å². The van der Waals surface area contributed by atoms with E-state index < -0.39 is 0 Å². The van der Waals surface area contributed by atoms with E-state index in [4.69, 9.17) is 11.6 Å². The van der Waals surface area contributed by atoms with Crippen molar-refractivity contribution >= 4 is 34.9 Å². The second kappa shape index (κ2) is 4.45. The van der Waals surface area contributed by atoms with Crippen molar-refractivity contribution in [2.24, 2.45) is 0 Å². The molecule has 0 fully saturated rings. The molecule has 13 heavy (non-hydrogen) atoms. The maximum Gasteiger partial charge on any atom is 0.0702 e. The molecule has 0 saturated heterocycles. The predicted octanol–water partition coefficient (Wildman–Crippen LogP) is 3.40. The molecule has 1 heterocycles. The van der Waals surface area contributed by atoms with Gasteiger partial charge in [-0.3, -0.25) is 4.98 Å². The molecule has 0 aliphatic heterocycles. The smallest absolute Gasteiger partial charge is 0.0702 e. The van der Waals surface area contributed by atoms with Crippen LogP contribution in [0.1, 0.15) is 5.56 Å². The van der Waals surface area contributed by atoms with E-state index in [0.717, 1.165) is 16.5 Å². The molecule has 0 atom stereocenters. The van der Waals surface area contributed by atoms with E-state index >= 15 is 0 Å². The van der Waals surface area contributed by atoms with E-state index in [1.807, 2.05) is 24.3 Å². The minimum Gasteiger partial charge on any atom is -0.256 e. The Kier molecular flexibility index (Phi) is 3.52. The maximum absolute atomic E-state index is 5.71. The van der Waals surface area contributed by atoms with E-state index in [2.05, 4.69) is 11.1 Å². The molecule has 2 aromatic rings. The quantitative estimate of drug-likeness (QED) is 0.663. The van der Waals surface area contributed by atoms with Crippen molar-refractivity contribution in [2.45, 2.75) is 5.88 Å². The summed E-state index contributed by atoms with van der Waals surface area (Å²) in [4.78, 5) is 4.21. The standard InChI is InChI=1S/C10H8ClN.ClH/c11-7-8-3-4-10-9(6-8)2-1-5-12-10;/h1-6H,7H2;1H. The highest BCUT2D eigenvalue weighted by Gasteiger charge is 1.94. The third kappa shape index (κ3) is 2.11. The lowest BCUT2D eigenvalue weighted by Crippen LogP contribution is -1.80. The van der Waals surface area contributed by atoms with Crippen molar-refractivity contribution in [3.05, 3.63) is 42.1 Å². The largest absolute Gasteiger partial charge is 0.256 e. The predicted molar refractivity (Wildman–Crippen MR) is 58.5 cm³/mol. The Morgan fingerprint density at radius 1 is 1.23 bits per heavy atom. The molecule has 0 bridgehead atoms. The van der Waals surface area contributed by atoms with Gasteiger partial charge in [0, 0.05) is 17.5 Å². The number of aromatic nitrogens is 1. The van der Waals surface area contributed by atoms with Crippen molar-refractivity contribution in [1.82, 2.24) is 4.98 Å². The molecule has 0 unspecified atom stereocenters. The van der Waals surface area contributed by atoms with Crippen molar-refractivity contribution in [3.8, 4) is 0 Å². The highest BCUT2D eigenvalue weighted by Crippen LogP contribution is 2.14. The Morgan fingerprint density at radius 3 is 2.85 bits per heavy atom. The molecule has 0 aliphatic carbocycles. The molecule has 1 aromatic heterocycles. The van der Waals surface area contributed by atoms with Crippen LogP contribution in [-0.2, 0) is 5.88 Å². The minimum absolute atomic E-state index is 0. The van der Waals surface area contributed by atoms with E-state index in [1.54, 1.807) is 6.20 Å². The molecular formula is C10H9Cl2N. The summed E-state index contributed by atoms with van der Waals surface area (Å²) in [5.41, 5.74) is 2.16. The van der Waals surface area contributed by atoms with Gasteiger partial charge in [0.2, 0.25) is 0 Å². The molecule has 1 aromatic carbocycles. The van der Waals surface area contributed by atoms with Gasteiger partial charge in [0.25, 0.3) is 0 Å². The first kappa shape index (κ1) is 10.3. The fraction of sp³-hybridized carbons (Fsp3) is 0.100. The molecule has 68 valence electrons. The Hall–Kier alpha value is -0.790. The topological polar surface area (TPSA) is 12.9 Å². The van der Waals surface area contributed by atoms with Crippen LogP contribution in [0.15, 0.2) is 36.5 Å². The Bertz CT molecular complexity index is 401. The third-order valence-electron chi connectivity index (χ3n) is 1.82. The van der Waals surface area contributed by atoms with Gasteiger partial charge in [-0.2, -0.15) is 0 Å². The summed E-state index contributed by atoms with van der Waals surface area (Å²) in [6, 6.07) is 10.0. The molecule has 0 saturated carbocycles. The fourth-order valence-corrected chi connectivity index (χ4v) is 1.37. The molecule has 3 heteroatoms. The average Bonchev–Trinajstić information content (AvgIpc) is 2.17. The zero-order valence-electron chi connectivity index (χ0n) is 6.90. The number of hydrogen-bond acceptors (Lipinski definition) is 1. The summed E-state index contributed by atoms with van der Waals surface area (Å²) in [5, 5.41) is 1.15. The Labute approximate surface area is 88.2 Å². The molecule has 2 rings (SSSR count). The van der Waals surface area contributed by atoms with E-state index in [0.29, 0.717) is 5.88 Å². The first-order valence-corrected chi connectivity index (χ1v) is 4.33. The first-order valence-electron chi connectivity index (χ1n) is 3.80. The molecule has 0 amide bonds. The van der Waals surface area contributed by atoms with Crippen molar-refractivity contribution in [1.29, 1.82) is 0 Å². The van der Waals surface area contributed by atoms with Crippen LogP contribution >= 0.6 is 24.0 Å². The SMILES string of the molecule is Cl.ClCc1ccc2ncccc2c1. The van der Waals surface area contributed by atoms with Crippen LogP contribution in [0, 0.1) is 0 Å². The summed E-state index contributed by atoms with van der Waals surface area (Å²) < 4.78 is 0. The number of pyridine rings is 1. The van der Waals surface area contributed by atoms with Gasteiger partial charge in [0.15, 0.2) is 0 Å². The summed E-state index contributed by atoms with van der Waals surface area (Å²) in [7, 11) is 0. The third-order valence-corrected chi connectivity index (χ3v) is 2.13. The normalized spacial score (nSPS) is 9.62. The van der Waals surface area contributed by atoms with Crippen molar-refractivity contribution in [3.63, 3.8) is 0 Å². The number of rotatable bonds is 1. The van der Waals surface area contributed by atoms with Crippen LogP contribution in [0.4, 0.5) is 0 Å². The monoisotopic (exact) mass is 213 g/mol. The first-order chi connectivity index (χ1) is 5.90. The number of hydrogen-bond donors (Lipinski definition) is 0. The molecule has 0 spiro atoms. The highest BCUT2D eigenvalue weighted by atomic mass is 35.5. The molecular weight excluding hydrogens is 205 g/mol. The van der Waals surface area contributed by atoms with Crippen LogP contribution in [0.5, 0.6) is 0 Å². The minimum atomic E-state index is 0. The van der Waals surface area contributed by atoms with Gasteiger partial charge in [-0.15, -0.1) is 24.0 Å². The highest BCUT2D eigenvalue weighted by molar-refractivity contribution is 6.17. The van der Waals surface area contributed by atoms with E-state index in [9.17, 15) is 0 Å². The van der Waals surface area contributed by atoms with Crippen molar-refractivity contribution < 1.29 is 0 Å². The van der Waals surface area contributed by atoms with Gasteiger partial charge in [-0.05, 0) is 23.8 Å². The van der Waals surface area contributed by atoms with Crippen LogP contribution in [0.3, 0.4) is 0 Å². The lowest BCUT2D eigenvalue weighted by Gasteiger charge is -1.98. The van der Waals surface area contributed by atoms with Gasteiger partial charge in [-0.1, -0.05) is 12.1 Å². The number of halogens is 2. The van der Waals surface area contributed by atoms with Crippen molar-refractivity contribution in [2.75, 3.05) is 0 Å². The average molecular weight is 214 g/mol. The van der Waals surface area contributed by atoms with E-state index in [-0.39, 0.29) is 12.4 Å². The van der Waals surface area contributed by atoms with Gasteiger partial charge >= 0.3 is 0 Å². The molecule has 0 aliphatic rings. The molecule has 0 radical (unpaired) electrons. The van der Waals surface area contributed by atoms with Gasteiger partial charge in [0.1, 0.15) is 0 Å². The second-order valence-electron chi connectivity index (χ2n) is 2.66. The Morgan fingerprint density at radius 2 is 2.08 bits per heavy atom. The fourth-order valence-electron chi connectivity index (χ4n) is 1.21. The Balaban J connectivity index is 0.000000845. The van der Waals surface area contributed by atoms with Gasteiger partial charge in [0.05, 0.1) is 5.52 Å². The van der Waals surface area contributed by atoms with E-state index in [1.165, 1.54) is 0 Å². The molecule has 0 N–H and O–H groups in total. The lowest BCUT2D eigenvalue weighted by molar-refractivity contribution is 1.37. The van der Waals surface area contributed by atoms with Crippen LogP contribution < -0.4 is 0 Å². The summed E-state index contributed by atoms with van der Waals surface area (Å²) in [6.45, 7) is 0. The molecule has 1 nitrogen and oxygen atoms in total. The zero-order chi connectivity index (χ0) is 8.39. The van der Waals surface area contributed by atoms with Gasteiger partial charge in [-0.25, -0.2) is 0 Å². The number of fused-ring (bicyclic) bond motifs is 1. The lowest BCUT2D eigenvalue weighted by atomic mass is 10.1. The number of benzene rings is 1. The zero-order valence-corrected chi connectivity index (χ0v) is 8.48. The summed E-state index contributed by atoms with van der Waals surface area (Å²) in [5.74, 6) is 0.560. The summed E-state index contributed by atoms with van der Waals surface area (Å²) in [6.07, 6.45) is 1.79. The van der Waals surface area contributed by atoms with Crippen LogP contribution in [-0.4, -0.2) is 4.98 Å². The maximum atomic E-state index is 5.71.